The molecule has 0 aliphatic heterocycles. The highest BCUT2D eigenvalue weighted by atomic mass is 32.2. The zero-order valence-corrected chi connectivity index (χ0v) is 30.9. The molecule has 52 heavy (non-hydrogen) atoms. The summed E-state index contributed by atoms with van der Waals surface area (Å²) < 4.78 is 31.2. The Morgan fingerprint density at radius 1 is 0.904 bits per heavy atom. The molecular formula is C38H47N5O8S. The van der Waals surface area contributed by atoms with E-state index in [-0.39, 0.29) is 55.1 Å². The third-order valence-corrected chi connectivity index (χ3v) is 10.6. The number of ketones is 1. The molecule has 1 aromatic heterocycles. The molecule has 3 N–H and O–H groups in total. The minimum Gasteiger partial charge on any atom is -0.493 e. The summed E-state index contributed by atoms with van der Waals surface area (Å²) in [5.41, 5.74) is 1.74. The maximum atomic E-state index is 14.1. The molecule has 4 rings (SSSR count). The average molecular weight is 734 g/mol. The molecule has 0 unspecified atom stereocenters. The molecule has 0 bridgehead atoms. The van der Waals surface area contributed by atoms with Crippen LogP contribution in [-0.2, 0) is 34.3 Å². The lowest BCUT2D eigenvalue weighted by molar-refractivity contribution is -0.127. The molecule has 3 atom stereocenters. The maximum absolute atomic E-state index is 14.1. The van der Waals surface area contributed by atoms with Gasteiger partial charge in [-0.2, -0.15) is 9.21 Å². The third-order valence-electron chi connectivity index (χ3n) is 8.72. The van der Waals surface area contributed by atoms with Crippen molar-refractivity contribution in [2.24, 2.45) is 17.0 Å². The van der Waals surface area contributed by atoms with E-state index in [0.29, 0.717) is 16.7 Å². The SMILES string of the molecule is CC(=O)c1cccc(Cn2c(O)cn([C@H](C(=O)N[C@@H](Cc3ccccc3)[C@H](O)CN(CC(C)C)S(=O)(=O)c3ccc(CN=O)cc3)C(C)C)c2=O)c1. The lowest BCUT2D eigenvalue weighted by Crippen LogP contribution is -2.53. The molecule has 0 aliphatic carbocycles. The molecule has 13 nitrogen and oxygen atoms in total. The van der Waals surface area contributed by atoms with Crippen molar-refractivity contribution in [2.45, 2.75) is 77.2 Å². The molecule has 0 saturated heterocycles. The summed E-state index contributed by atoms with van der Waals surface area (Å²) in [6, 6.07) is 19.5. The van der Waals surface area contributed by atoms with Gasteiger partial charge < -0.3 is 15.5 Å². The number of imidazole rings is 1. The highest BCUT2D eigenvalue weighted by Gasteiger charge is 2.34. The number of nitroso groups, excluding NO2 is 1. The zero-order valence-electron chi connectivity index (χ0n) is 30.0. The number of Topliss-reactive ketones (excluding diaryl/α,β-unsaturated/α-hetero) is 1. The second kappa shape index (κ2) is 17.5. The Morgan fingerprint density at radius 2 is 1.56 bits per heavy atom. The summed E-state index contributed by atoms with van der Waals surface area (Å²) in [6.45, 7) is 8.22. The fourth-order valence-electron chi connectivity index (χ4n) is 6.08. The summed E-state index contributed by atoms with van der Waals surface area (Å²) >= 11 is 0. The van der Waals surface area contributed by atoms with Crippen LogP contribution in [-0.4, -0.2) is 69.0 Å². The van der Waals surface area contributed by atoms with Gasteiger partial charge in [-0.3, -0.25) is 18.7 Å². The van der Waals surface area contributed by atoms with E-state index in [1.165, 1.54) is 41.7 Å². The van der Waals surface area contributed by atoms with Gasteiger partial charge in [-0.25, -0.2) is 13.2 Å². The molecule has 1 heterocycles. The van der Waals surface area contributed by atoms with Crippen molar-refractivity contribution in [1.82, 2.24) is 18.8 Å². The summed E-state index contributed by atoms with van der Waals surface area (Å²) in [6.07, 6.45) is -0.0423. The van der Waals surface area contributed by atoms with Crippen LogP contribution in [0.3, 0.4) is 0 Å². The van der Waals surface area contributed by atoms with Gasteiger partial charge in [-0.15, -0.1) is 0 Å². The number of amides is 1. The number of nitrogens with one attached hydrogen (secondary N) is 1. The van der Waals surface area contributed by atoms with Crippen LogP contribution in [0.2, 0.25) is 0 Å². The van der Waals surface area contributed by atoms with E-state index < -0.39 is 45.7 Å². The van der Waals surface area contributed by atoms with Gasteiger partial charge in [0.05, 0.1) is 29.8 Å². The van der Waals surface area contributed by atoms with E-state index in [0.717, 1.165) is 14.7 Å². The monoisotopic (exact) mass is 733 g/mol. The van der Waals surface area contributed by atoms with Gasteiger partial charge >= 0.3 is 5.69 Å². The minimum absolute atomic E-state index is 0.0183. The molecule has 4 aromatic rings. The molecule has 0 saturated carbocycles. The largest absolute Gasteiger partial charge is 0.493 e. The highest BCUT2D eigenvalue weighted by molar-refractivity contribution is 7.89. The maximum Gasteiger partial charge on any atom is 0.332 e. The Morgan fingerprint density at radius 3 is 2.15 bits per heavy atom. The molecule has 0 fully saturated rings. The van der Waals surface area contributed by atoms with Crippen molar-refractivity contribution in [3.8, 4) is 5.88 Å². The van der Waals surface area contributed by atoms with E-state index in [4.69, 9.17) is 0 Å². The molecule has 0 aliphatic rings. The molecule has 0 spiro atoms. The predicted molar refractivity (Wildman–Crippen MR) is 197 cm³/mol. The molecule has 1 amide bonds. The first kappa shape index (κ1) is 39.9. The molecule has 14 heteroatoms. The topological polar surface area (TPSA) is 180 Å². The molecule has 0 radical (unpaired) electrons. The standard InChI is InChI=1S/C38H47N5O8S/c1-25(2)21-41(52(50,51)32-16-14-29(15-17-32)20-39-49)23-34(45)33(19-28-10-7-6-8-11-28)40-37(47)36(26(3)4)43-24-35(46)42(38(43)48)22-30-12-9-13-31(18-30)27(5)44/h6-18,24-26,33-34,36,45-46H,19-23H2,1-5H3,(H,40,47)/t33-,34+,36-/m0/s1. The van der Waals surface area contributed by atoms with Crippen LogP contribution in [0.15, 0.2) is 99.9 Å². The van der Waals surface area contributed by atoms with Crippen LogP contribution in [0.4, 0.5) is 0 Å². The zero-order chi connectivity index (χ0) is 38.2. The van der Waals surface area contributed by atoms with Gasteiger partial charge in [-0.05, 0) is 60.1 Å². The van der Waals surface area contributed by atoms with Gasteiger partial charge in [-0.1, -0.05) is 93.5 Å². The van der Waals surface area contributed by atoms with E-state index in [1.807, 2.05) is 44.2 Å². The van der Waals surface area contributed by atoms with Crippen molar-refractivity contribution < 1.29 is 28.2 Å². The average Bonchev–Trinajstić information content (AvgIpc) is 3.36. The lowest BCUT2D eigenvalue weighted by Gasteiger charge is -2.32. The number of aliphatic hydroxyl groups is 1. The summed E-state index contributed by atoms with van der Waals surface area (Å²) in [5, 5.41) is 28.3. The lowest BCUT2D eigenvalue weighted by atomic mass is 9.98. The quantitative estimate of drug-likeness (QED) is 0.0988. The van der Waals surface area contributed by atoms with Crippen LogP contribution in [0.25, 0.3) is 0 Å². The normalized spacial score (nSPS) is 13.6. The molecule has 3 aromatic carbocycles. The summed E-state index contributed by atoms with van der Waals surface area (Å²) in [4.78, 5) is 50.4. The number of aliphatic hydroxyl groups excluding tert-OH is 1. The summed E-state index contributed by atoms with van der Waals surface area (Å²) in [7, 11) is -4.11. The first-order chi connectivity index (χ1) is 24.6. The number of rotatable bonds is 18. The Bertz CT molecular complexity index is 2010. The van der Waals surface area contributed by atoms with Crippen LogP contribution in [0.1, 0.15) is 67.7 Å². The minimum atomic E-state index is -4.11. The van der Waals surface area contributed by atoms with Gasteiger partial charge in [0.15, 0.2) is 5.78 Å². The first-order valence-electron chi connectivity index (χ1n) is 17.1. The molecular weight excluding hydrogens is 687 g/mol. The first-order valence-corrected chi connectivity index (χ1v) is 18.6. The second-order valence-corrected chi connectivity index (χ2v) is 15.7. The van der Waals surface area contributed by atoms with Gasteiger partial charge in [0, 0.05) is 18.7 Å². The van der Waals surface area contributed by atoms with Crippen molar-refractivity contribution in [3.05, 3.63) is 123 Å². The number of aromatic hydroxyl groups is 1. The number of benzene rings is 3. The van der Waals surface area contributed by atoms with Gasteiger partial charge in [0.2, 0.25) is 21.8 Å². The van der Waals surface area contributed by atoms with E-state index in [1.54, 1.807) is 38.1 Å². The Labute approximate surface area is 303 Å². The van der Waals surface area contributed by atoms with E-state index in [2.05, 4.69) is 10.5 Å². The van der Waals surface area contributed by atoms with Crippen molar-refractivity contribution >= 4 is 21.7 Å². The van der Waals surface area contributed by atoms with Crippen LogP contribution in [0, 0.1) is 16.7 Å². The number of hydrogen-bond acceptors (Lipinski definition) is 9. The summed E-state index contributed by atoms with van der Waals surface area (Å²) in [5.74, 6) is -1.68. The number of carbonyl (C=O) groups excluding carboxylic acids is 2. The van der Waals surface area contributed by atoms with Crippen LogP contribution >= 0.6 is 0 Å². The fourth-order valence-corrected chi connectivity index (χ4v) is 7.70. The van der Waals surface area contributed by atoms with Crippen molar-refractivity contribution in [3.63, 3.8) is 0 Å². The number of nitrogens with zero attached hydrogens (tertiary/aromatic N) is 4. The highest BCUT2D eigenvalue weighted by Crippen LogP contribution is 2.23. The Hall–Kier alpha value is -4.92. The van der Waals surface area contributed by atoms with Crippen molar-refractivity contribution in [2.75, 3.05) is 13.1 Å². The smallest absolute Gasteiger partial charge is 0.332 e. The van der Waals surface area contributed by atoms with Crippen LogP contribution < -0.4 is 11.0 Å². The van der Waals surface area contributed by atoms with E-state index >= 15 is 0 Å². The Kier molecular flexibility index (Phi) is 13.4. The number of carbonyl (C=O) groups is 2. The van der Waals surface area contributed by atoms with Crippen molar-refractivity contribution in [1.29, 1.82) is 0 Å². The second-order valence-electron chi connectivity index (χ2n) is 13.7. The number of aromatic nitrogens is 2. The fraction of sp³-hybridized carbons (Fsp3) is 0.395. The number of hydrogen-bond donors (Lipinski definition) is 3. The van der Waals surface area contributed by atoms with Crippen LogP contribution in [0.5, 0.6) is 5.88 Å². The third kappa shape index (κ3) is 9.90. The van der Waals surface area contributed by atoms with E-state index in [9.17, 15) is 37.9 Å². The molecule has 278 valence electrons. The van der Waals surface area contributed by atoms with Gasteiger partial charge in [0.25, 0.3) is 0 Å². The number of sulfonamides is 1. The predicted octanol–water partition coefficient (Wildman–Crippen LogP) is 4.51. The Balaban J connectivity index is 1.65. The van der Waals surface area contributed by atoms with Gasteiger partial charge in [0.1, 0.15) is 12.6 Å².